The summed E-state index contributed by atoms with van der Waals surface area (Å²) in [7, 11) is 0. The van der Waals surface area contributed by atoms with Gasteiger partial charge in [0.15, 0.2) is 0 Å². The highest BCUT2D eigenvalue weighted by atomic mass is 14.9. The van der Waals surface area contributed by atoms with Gasteiger partial charge in [0, 0.05) is 6.04 Å². The molecule has 0 aromatic heterocycles. The Bertz CT molecular complexity index is 164. The highest BCUT2D eigenvalue weighted by Gasteiger charge is 2.31. The second-order valence-corrected chi connectivity index (χ2v) is 5.73. The van der Waals surface area contributed by atoms with Crippen molar-refractivity contribution in [2.45, 2.75) is 58.4 Å². The predicted molar refractivity (Wildman–Crippen MR) is 61.3 cm³/mol. The van der Waals surface area contributed by atoms with Crippen LogP contribution in [-0.4, -0.2) is 12.6 Å². The Labute approximate surface area is 88.7 Å². The largest absolute Gasteiger partial charge is 0.314 e. The van der Waals surface area contributed by atoms with Crippen molar-refractivity contribution in [3.8, 4) is 0 Å². The van der Waals surface area contributed by atoms with E-state index in [2.05, 4.69) is 19.2 Å². The molecule has 0 aromatic rings. The lowest BCUT2D eigenvalue weighted by Gasteiger charge is -2.39. The zero-order valence-corrected chi connectivity index (χ0v) is 9.76. The third-order valence-electron chi connectivity index (χ3n) is 4.29. The van der Waals surface area contributed by atoms with Gasteiger partial charge < -0.3 is 5.32 Å². The van der Waals surface area contributed by atoms with Crippen LogP contribution in [0.25, 0.3) is 0 Å². The molecule has 0 heterocycles. The summed E-state index contributed by atoms with van der Waals surface area (Å²) >= 11 is 0. The molecule has 82 valence electrons. The first kappa shape index (κ1) is 10.5. The number of hydrogen-bond acceptors (Lipinski definition) is 1. The van der Waals surface area contributed by atoms with Gasteiger partial charge in [-0.3, -0.25) is 0 Å². The summed E-state index contributed by atoms with van der Waals surface area (Å²) in [6, 6.07) is 0.864. The van der Waals surface area contributed by atoms with Crippen LogP contribution in [0.4, 0.5) is 0 Å². The van der Waals surface area contributed by atoms with Crippen molar-refractivity contribution >= 4 is 0 Å². The molecule has 0 saturated heterocycles. The molecule has 2 saturated carbocycles. The molecule has 2 aliphatic rings. The standard InChI is InChI=1S/C13H25N/c1-10(2)12-7-13(8-12)14-9-11-5-3-4-6-11/h10-14H,3-9H2,1-2H3. The lowest BCUT2D eigenvalue weighted by Crippen LogP contribution is -2.44. The van der Waals surface area contributed by atoms with Crippen molar-refractivity contribution < 1.29 is 0 Å². The molecule has 1 nitrogen and oxygen atoms in total. The van der Waals surface area contributed by atoms with E-state index in [1.54, 1.807) is 0 Å². The Hall–Kier alpha value is -0.0400. The molecule has 14 heavy (non-hydrogen) atoms. The number of nitrogens with one attached hydrogen (secondary N) is 1. The second-order valence-electron chi connectivity index (χ2n) is 5.73. The first-order valence-corrected chi connectivity index (χ1v) is 6.49. The smallest absolute Gasteiger partial charge is 0.00726 e. The minimum absolute atomic E-state index is 0.864. The van der Waals surface area contributed by atoms with E-state index in [4.69, 9.17) is 0 Å². The normalized spacial score (nSPS) is 33.6. The van der Waals surface area contributed by atoms with Gasteiger partial charge in [-0.1, -0.05) is 26.7 Å². The summed E-state index contributed by atoms with van der Waals surface area (Å²) in [6.45, 7) is 6.02. The second kappa shape index (κ2) is 4.65. The predicted octanol–water partition coefficient (Wildman–Crippen LogP) is 3.20. The first-order valence-electron chi connectivity index (χ1n) is 6.49. The van der Waals surface area contributed by atoms with Crippen molar-refractivity contribution in [1.82, 2.24) is 5.32 Å². The summed E-state index contributed by atoms with van der Waals surface area (Å²) in [5.74, 6) is 2.92. The van der Waals surface area contributed by atoms with Crippen molar-refractivity contribution in [2.75, 3.05) is 6.54 Å². The van der Waals surface area contributed by atoms with Crippen LogP contribution in [-0.2, 0) is 0 Å². The maximum atomic E-state index is 3.75. The van der Waals surface area contributed by atoms with Gasteiger partial charge in [-0.25, -0.2) is 0 Å². The van der Waals surface area contributed by atoms with Crippen molar-refractivity contribution in [1.29, 1.82) is 0 Å². The zero-order chi connectivity index (χ0) is 9.97. The molecule has 0 unspecified atom stereocenters. The van der Waals surface area contributed by atoms with Crippen LogP contribution in [0.3, 0.4) is 0 Å². The van der Waals surface area contributed by atoms with Crippen molar-refractivity contribution in [2.24, 2.45) is 17.8 Å². The molecule has 0 aromatic carbocycles. The average molecular weight is 195 g/mol. The van der Waals surface area contributed by atoms with Crippen LogP contribution in [0.15, 0.2) is 0 Å². The molecule has 0 aliphatic heterocycles. The molecule has 0 amide bonds. The van der Waals surface area contributed by atoms with Crippen molar-refractivity contribution in [3.05, 3.63) is 0 Å². The molecule has 2 fully saturated rings. The lowest BCUT2D eigenvalue weighted by molar-refractivity contribution is 0.164. The van der Waals surface area contributed by atoms with Gasteiger partial charge >= 0.3 is 0 Å². The highest BCUT2D eigenvalue weighted by Crippen LogP contribution is 2.34. The summed E-state index contributed by atoms with van der Waals surface area (Å²) < 4.78 is 0. The average Bonchev–Trinajstić information content (AvgIpc) is 2.52. The van der Waals surface area contributed by atoms with E-state index in [9.17, 15) is 0 Å². The monoisotopic (exact) mass is 195 g/mol. The van der Waals surface area contributed by atoms with Gasteiger partial charge in [-0.2, -0.15) is 0 Å². The van der Waals surface area contributed by atoms with Gasteiger partial charge in [0.05, 0.1) is 0 Å². The SMILES string of the molecule is CC(C)C1CC(NCC2CCCC2)C1. The highest BCUT2D eigenvalue weighted by molar-refractivity contribution is 4.87. The van der Waals surface area contributed by atoms with E-state index in [1.165, 1.54) is 45.1 Å². The van der Waals surface area contributed by atoms with E-state index in [0.29, 0.717) is 0 Å². The minimum Gasteiger partial charge on any atom is -0.314 e. The quantitative estimate of drug-likeness (QED) is 0.726. The maximum absolute atomic E-state index is 3.75. The Morgan fingerprint density at radius 3 is 2.36 bits per heavy atom. The third-order valence-corrected chi connectivity index (χ3v) is 4.29. The molecule has 0 radical (unpaired) electrons. The van der Waals surface area contributed by atoms with E-state index in [-0.39, 0.29) is 0 Å². The summed E-state index contributed by atoms with van der Waals surface area (Å²) in [4.78, 5) is 0. The molecule has 1 heteroatoms. The van der Waals surface area contributed by atoms with Crippen LogP contribution < -0.4 is 5.32 Å². The first-order chi connectivity index (χ1) is 6.75. The zero-order valence-electron chi connectivity index (χ0n) is 9.76. The van der Waals surface area contributed by atoms with Gasteiger partial charge in [0.1, 0.15) is 0 Å². The van der Waals surface area contributed by atoms with E-state index in [0.717, 1.165) is 23.8 Å². The fraction of sp³-hybridized carbons (Fsp3) is 1.00. The molecular formula is C13H25N. The minimum atomic E-state index is 0.864. The van der Waals surface area contributed by atoms with Crippen LogP contribution in [0.2, 0.25) is 0 Å². The van der Waals surface area contributed by atoms with Gasteiger partial charge in [-0.05, 0) is 50.0 Å². The Morgan fingerprint density at radius 2 is 1.79 bits per heavy atom. The van der Waals surface area contributed by atoms with Crippen LogP contribution in [0, 0.1) is 17.8 Å². The number of hydrogen-bond donors (Lipinski definition) is 1. The van der Waals surface area contributed by atoms with Crippen LogP contribution in [0.5, 0.6) is 0 Å². The van der Waals surface area contributed by atoms with E-state index >= 15 is 0 Å². The third kappa shape index (κ3) is 2.50. The molecule has 0 spiro atoms. The van der Waals surface area contributed by atoms with Gasteiger partial charge in [-0.15, -0.1) is 0 Å². The van der Waals surface area contributed by atoms with Crippen molar-refractivity contribution in [3.63, 3.8) is 0 Å². The Morgan fingerprint density at radius 1 is 1.14 bits per heavy atom. The molecule has 1 N–H and O–H groups in total. The topological polar surface area (TPSA) is 12.0 Å². The van der Waals surface area contributed by atoms with E-state index < -0.39 is 0 Å². The maximum Gasteiger partial charge on any atom is 0.00726 e. The molecule has 2 aliphatic carbocycles. The molecule has 0 bridgehead atoms. The molecule has 2 rings (SSSR count). The molecular weight excluding hydrogens is 170 g/mol. The lowest BCUT2D eigenvalue weighted by atomic mass is 9.73. The molecule has 0 atom stereocenters. The summed E-state index contributed by atoms with van der Waals surface area (Å²) in [6.07, 6.45) is 8.78. The van der Waals surface area contributed by atoms with Crippen LogP contribution >= 0.6 is 0 Å². The Kier molecular flexibility index (Phi) is 3.48. The summed E-state index contributed by atoms with van der Waals surface area (Å²) in [5.41, 5.74) is 0. The van der Waals surface area contributed by atoms with Gasteiger partial charge in [0.2, 0.25) is 0 Å². The fourth-order valence-electron chi connectivity index (χ4n) is 2.92. The Balaban J connectivity index is 1.55. The fourth-order valence-corrected chi connectivity index (χ4v) is 2.92. The van der Waals surface area contributed by atoms with E-state index in [1.807, 2.05) is 0 Å². The summed E-state index contributed by atoms with van der Waals surface area (Å²) in [5, 5.41) is 3.75. The van der Waals surface area contributed by atoms with Gasteiger partial charge in [0.25, 0.3) is 0 Å². The van der Waals surface area contributed by atoms with Crippen LogP contribution in [0.1, 0.15) is 52.4 Å². The number of rotatable bonds is 4.